The van der Waals surface area contributed by atoms with Crippen molar-refractivity contribution in [3.05, 3.63) is 23.7 Å². The van der Waals surface area contributed by atoms with Crippen LogP contribution in [0.1, 0.15) is 23.0 Å². The van der Waals surface area contributed by atoms with Gasteiger partial charge < -0.3 is 15.1 Å². The van der Waals surface area contributed by atoms with Crippen LogP contribution in [0.15, 0.2) is 16.7 Å². The monoisotopic (exact) mass is 196 g/mol. The Morgan fingerprint density at radius 1 is 1.64 bits per heavy atom. The Morgan fingerprint density at radius 3 is 2.79 bits per heavy atom. The van der Waals surface area contributed by atoms with Crippen molar-refractivity contribution in [2.75, 3.05) is 19.6 Å². The fourth-order valence-corrected chi connectivity index (χ4v) is 1.29. The average Bonchev–Trinajstić information content (AvgIpc) is 2.59. The fraction of sp³-hybridized carbons (Fsp3) is 0.500. The Balaban J connectivity index is 2.78. The fourth-order valence-electron chi connectivity index (χ4n) is 1.29. The number of carbonyl (C=O) groups is 1. The van der Waals surface area contributed by atoms with E-state index in [1.54, 1.807) is 11.0 Å². The third-order valence-electron chi connectivity index (χ3n) is 2.12. The number of aryl methyl sites for hydroxylation is 1. The summed E-state index contributed by atoms with van der Waals surface area (Å²) in [5.41, 5.74) is 6.28. The van der Waals surface area contributed by atoms with Crippen LogP contribution in [0.2, 0.25) is 0 Å². The van der Waals surface area contributed by atoms with Gasteiger partial charge in [0.15, 0.2) is 5.76 Å². The number of hydrogen-bond donors (Lipinski definition) is 1. The van der Waals surface area contributed by atoms with Gasteiger partial charge in [-0.15, -0.1) is 0 Å². The van der Waals surface area contributed by atoms with E-state index in [1.165, 1.54) is 6.26 Å². The zero-order valence-electron chi connectivity index (χ0n) is 8.62. The second-order valence-electron chi connectivity index (χ2n) is 3.11. The maximum Gasteiger partial charge on any atom is 0.289 e. The molecule has 0 saturated heterocycles. The number of carbonyl (C=O) groups excluding carboxylic acids is 1. The molecule has 0 unspecified atom stereocenters. The van der Waals surface area contributed by atoms with Crippen molar-refractivity contribution >= 4 is 5.91 Å². The molecule has 0 aromatic carbocycles. The minimum atomic E-state index is -0.0829. The van der Waals surface area contributed by atoms with Gasteiger partial charge in [0.25, 0.3) is 5.91 Å². The van der Waals surface area contributed by atoms with Crippen LogP contribution in [0, 0.1) is 6.92 Å². The van der Waals surface area contributed by atoms with Gasteiger partial charge in [-0.2, -0.15) is 0 Å². The number of nitrogens with zero attached hydrogens (tertiary/aromatic N) is 1. The maximum atomic E-state index is 11.8. The zero-order chi connectivity index (χ0) is 10.6. The topological polar surface area (TPSA) is 59.5 Å². The Morgan fingerprint density at radius 2 is 2.36 bits per heavy atom. The van der Waals surface area contributed by atoms with Crippen LogP contribution in [0.3, 0.4) is 0 Å². The third-order valence-corrected chi connectivity index (χ3v) is 2.12. The minimum Gasteiger partial charge on any atom is -0.459 e. The van der Waals surface area contributed by atoms with Crippen LogP contribution in [0.5, 0.6) is 0 Å². The SMILES string of the molecule is CCN(CCN)C(=O)c1occc1C. The van der Waals surface area contributed by atoms with Crippen LogP contribution in [-0.4, -0.2) is 30.4 Å². The molecule has 0 fully saturated rings. The van der Waals surface area contributed by atoms with Gasteiger partial charge in [0, 0.05) is 25.2 Å². The predicted molar refractivity (Wildman–Crippen MR) is 54.1 cm³/mol. The summed E-state index contributed by atoms with van der Waals surface area (Å²) in [5.74, 6) is 0.334. The summed E-state index contributed by atoms with van der Waals surface area (Å²) >= 11 is 0. The minimum absolute atomic E-state index is 0.0829. The van der Waals surface area contributed by atoms with Crippen molar-refractivity contribution in [1.29, 1.82) is 0 Å². The highest BCUT2D eigenvalue weighted by Gasteiger charge is 2.18. The van der Waals surface area contributed by atoms with Crippen molar-refractivity contribution in [1.82, 2.24) is 4.90 Å². The van der Waals surface area contributed by atoms with Crippen molar-refractivity contribution in [2.45, 2.75) is 13.8 Å². The summed E-state index contributed by atoms with van der Waals surface area (Å²) in [7, 11) is 0. The molecule has 0 saturated carbocycles. The molecule has 1 amide bonds. The number of furan rings is 1. The van der Waals surface area contributed by atoms with Crippen molar-refractivity contribution in [2.24, 2.45) is 5.73 Å². The molecule has 14 heavy (non-hydrogen) atoms. The highest BCUT2D eigenvalue weighted by Crippen LogP contribution is 2.11. The smallest absolute Gasteiger partial charge is 0.289 e. The molecule has 0 aliphatic carbocycles. The van der Waals surface area contributed by atoms with Crippen LogP contribution in [0.4, 0.5) is 0 Å². The quantitative estimate of drug-likeness (QED) is 0.781. The lowest BCUT2D eigenvalue weighted by molar-refractivity contribution is 0.0736. The third kappa shape index (κ3) is 2.14. The largest absolute Gasteiger partial charge is 0.459 e. The molecule has 0 spiro atoms. The number of nitrogens with two attached hydrogens (primary N) is 1. The normalized spacial score (nSPS) is 10.2. The van der Waals surface area contributed by atoms with Gasteiger partial charge >= 0.3 is 0 Å². The van der Waals surface area contributed by atoms with Crippen molar-refractivity contribution < 1.29 is 9.21 Å². The molecule has 1 aromatic rings. The Bertz CT molecular complexity index is 307. The second-order valence-corrected chi connectivity index (χ2v) is 3.11. The first-order valence-electron chi connectivity index (χ1n) is 4.74. The van der Waals surface area contributed by atoms with Gasteiger partial charge in [-0.05, 0) is 19.9 Å². The molecule has 0 bridgehead atoms. The highest BCUT2D eigenvalue weighted by molar-refractivity contribution is 5.92. The van der Waals surface area contributed by atoms with E-state index in [-0.39, 0.29) is 5.91 Å². The first-order chi connectivity index (χ1) is 6.70. The lowest BCUT2D eigenvalue weighted by atomic mass is 10.2. The van der Waals surface area contributed by atoms with Gasteiger partial charge in [-0.3, -0.25) is 4.79 Å². The van der Waals surface area contributed by atoms with Gasteiger partial charge in [-0.25, -0.2) is 0 Å². The van der Waals surface area contributed by atoms with Gasteiger partial charge in [0.05, 0.1) is 6.26 Å². The molecule has 1 heterocycles. The Labute approximate surface area is 83.7 Å². The Kier molecular flexibility index (Phi) is 3.71. The van der Waals surface area contributed by atoms with E-state index in [1.807, 2.05) is 13.8 Å². The molecular formula is C10H16N2O2. The number of likely N-dealkylation sites (N-methyl/N-ethyl adjacent to an activating group) is 1. The summed E-state index contributed by atoms with van der Waals surface area (Å²) in [6.45, 7) is 5.46. The molecule has 78 valence electrons. The molecule has 0 aliphatic heterocycles. The van der Waals surface area contributed by atoms with Crippen molar-refractivity contribution in [3.63, 3.8) is 0 Å². The van der Waals surface area contributed by atoms with Gasteiger partial charge in [-0.1, -0.05) is 0 Å². The summed E-state index contributed by atoms with van der Waals surface area (Å²) < 4.78 is 5.12. The van der Waals surface area contributed by atoms with Crippen LogP contribution >= 0.6 is 0 Å². The van der Waals surface area contributed by atoms with E-state index in [2.05, 4.69) is 0 Å². The zero-order valence-corrected chi connectivity index (χ0v) is 8.62. The first-order valence-corrected chi connectivity index (χ1v) is 4.74. The molecular weight excluding hydrogens is 180 g/mol. The molecule has 0 radical (unpaired) electrons. The van der Waals surface area contributed by atoms with E-state index in [0.717, 1.165) is 5.56 Å². The van der Waals surface area contributed by atoms with Crippen LogP contribution < -0.4 is 5.73 Å². The lowest BCUT2D eigenvalue weighted by Gasteiger charge is -2.18. The van der Waals surface area contributed by atoms with Crippen molar-refractivity contribution in [3.8, 4) is 0 Å². The van der Waals surface area contributed by atoms with Crippen LogP contribution in [-0.2, 0) is 0 Å². The summed E-state index contributed by atoms with van der Waals surface area (Å²) in [6.07, 6.45) is 1.53. The highest BCUT2D eigenvalue weighted by atomic mass is 16.3. The van der Waals surface area contributed by atoms with Gasteiger partial charge in [0.2, 0.25) is 0 Å². The second kappa shape index (κ2) is 4.81. The van der Waals surface area contributed by atoms with E-state index in [9.17, 15) is 4.79 Å². The molecule has 0 atom stereocenters. The molecule has 4 nitrogen and oxygen atoms in total. The molecule has 1 aromatic heterocycles. The first kappa shape index (κ1) is 10.8. The number of amides is 1. The average molecular weight is 196 g/mol. The number of hydrogen-bond acceptors (Lipinski definition) is 3. The van der Waals surface area contributed by atoms with E-state index in [0.29, 0.717) is 25.4 Å². The molecule has 0 aliphatic rings. The standard InChI is InChI=1S/C10H16N2O2/c1-3-12(6-5-11)10(13)9-8(2)4-7-14-9/h4,7H,3,5-6,11H2,1-2H3. The maximum absolute atomic E-state index is 11.8. The number of rotatable bonds is 4. The molecule has 1 rings (SSSR count). The van der Waals surface area contributed by atoms with E-state index in [4.69, 9.17) is 10.2 Å². The van der Waals surface area contributed by atoms with E-state index < -0.39 is 0 Å². The van der Waals surface area contributed by atoms with Gasteiger partial charge in [0.1, 0.15) is 0 Å². The van der Waals surface area contributed by atoms with E-state index >= 15 is 0 Å². The summed E-state index contributed by atoms with van der Waals surface area (Å²) in [6, 6.07) is 1.78. The lowest BCUT2D eigenvalue weighted by Crippen LogP contribution is -2.35. The van der Waals surface area contributed by atoms with Crippen LogP contribution in [0.25, 0.3) is 0 Å². The predicted octanol–water partition coefficient (Wildman–Crippen LogP) is 1.01. The summed E-state index contributed by atoms with van der Waals surface area (Å²) in [5, 5.41) is 0. The molecule has 4 heteroatoms. The Hall–Kier alpha value is -1.29. The molecule has 2 N–H and O–H groups in total. The summed E-state index contributed by atoms with van der Waals surface area (Å²) in [4.78, 5) is 13.5.